The second kappa shape index (κ2) is 9.99. The summed E-state index contributed by atoms with van der Waals surface area (Å²) in [4.78, 5) is 38.0. The zero-order valence-corrected chi connectivity index (χ0v) is 18.1. The number of aryl methyl sites for hydroxylation is 1. The fraction of sp³-hybridized carbons (Fsp3) is 0.192. The summed E-state index contributed by atoms with van der Waals surface area (Å²) in [5, 5.41) is 2.71. The van der Waals surface area contributed by atoms with E-state index in [1.54, 1.807) is 42.5 Å². The van der Waals surface area contributed by atoms with Crippen LogP contribution >= 0.6 is 0 Å². The maximum Gasteiger partial charge on any atom is 0.339 e. The van der Waals surface area contributed by atoms with Crippen LogP contribution in [0.1, 0.15) is 38.8 Å². The highest BCUT2D eigenvalue weighted by atomic mass is 16.6. The third kappa shape index (κ3) is 5.20. The Morgan fingerprint density at radius 3 is 2.42 bits per heavy atom. The fourth-order valence-corrected chi connectivity index (χ4v) is 3.47. The van der Waals surface area contributed by atoms with Crippen molar-refractivity contribution in [1.29, 1.82) is 0 Å². The second-order valence-corrected chi connectivity index (χ2v) is 7.41. The molecule has 0 saturated carbocycles. The molecular weight excluding hydrogens is 422 g/mol. The third-order valence-corrected chi connectivity index (χ3v) is 5.15. The van der Waals surface area contributed by atoms with Gasteiger partial charge < -0.3 is 19.5 Å². The normalized spacial score (nSPS) is 12.0. The number of hydrogen-bond acceptors (Lipinski definition) is 6. The zero-order valence-electron chi connectivity index (χ0n) is 18.1. The van der Waals surface area contributed by atoms with Gasteiger partial charge in [-0.15, -0.1) is 0 Å². The van der Waals surface area contributed by atoms with Gasteiger partial charge >= 0.3 is 5.97 Å². The number of carbonyl (C=O) groups is 3. The lowest BCUT2D eigenvalue weighted by Crippen LogP contribution is -2.22. The monoisotopic (exact) mass is 445 g/mol. The van der Waals surface area contributed by atoms with E-state index in [1.807, 2.05) is 25.1 Å². The predicted molar refractivity (Wildman–Crippen MR) is 122 cm³/mol. The van der Waals surface area contributed by atoms with Crippen LogP contribution in [0.3, 0.4) is 0 Å². The van der Waals surface area contributed by atoms with Crippen LogP contribution in [0.15, 0.2) is 66.7 Å². The number of fused-ring (bicyclic) bond motifs is 1. The molecule has 0 unspecified atom stereocenters. The van der Waals surface area contributed by atoms with E-state index < -0.39 is 18.5 Å². The minimum atomic E-state index is -0.756. The van der Waals surface area contributed by atoms with E-state index >= 15 is 0 Å². The number of hydrogen-bond donors (Lipinski definition) is 1. The minimum Gasteiger partial charge on any atom is -0.486 e. The average molecular weight is 445 g/mol. The summed E-state index contributed by atoms with van der Waals surface area (Å²) >= 11 is 0. The number of anilines is 1. The van der Waals surface area contributed by atoms with Crippen molar-refractivity contribution in [2.24, 2.45) is 0 Å². The zero-order chi connectivity index (χ0) is 23.2. The van der Waals surface area contributed by atoms with Crippen LogP contribution in [0, 0.1) is 0 Å². The molecule has 1 aliphatic heterocycles. The summed E-state index contributed by atoms with van der Waals surface area (Å²) in [6, 6.07) is 18.7. The first kappa shape index (κ1) is 22.1. The molecular formula is C26H23NO6. The van der Waals surface area contributed by atoms with Gasteiger partial charge in [0.05, 0.1) is 5.56 Å². The SMILES string of the molecule is CCc1cccc(NC(=O)COC(=O)c2ccccc2C(=O)c2ccc3c(c2)OCCO3)c1. The molecule has 0 bridgehead atoms. The van der Waals surface area contributed by atoms with E-state index in [0.717, 1.165) is 12.0 Å². The molecule has 3 aromatic carbocycles. The van der Waals surface area contributed by atoms with Crippen LogP contribution in [0.4, 0.5) is 5.69 Å². The Labute approximate surface area is 191 Å². The van der Waals surface area contributed by atoms with Crippen molar-refractivity contribution in [3.63, 3.8) is 0 Å². The summed E-state index contributed by atoms with van der Waals surface area (Å²) in [6.45, 7) is 2.40. The van der Waals surface area contributed by atoms with Gasteiger partial charge in [-0.05, 0) is 48.4 Å². The Hall–Kier alpha value is -4.13. The van der Waals surface area contributed by atoms with Crippen molar-refractivity contribution in [2.45, 2.75) is 13.3 Å². The van der Waals surface area contributed by atoms with Gasteiger partial charge in [0.1, 0.15) is 13.2 Å². The Balaban J connectivity index is 1.44. The van der Waals surface area contributed by atoms with Gasteiger partial charge in [-0.1, -0.05) is 37.3 Å². The van der Waals surface area contributed by atoms with E-state index in [2.05, 4.69) is 5.32 Å². The molecule has 0 aromatic heterocycles. The summed E-state index contributed by atoms with van der Waals surface area (Å²) < 4.78 is 16.2. The van der Waals surface area contributed by atoms with E-state index in [0.29, 0.717) is 36.0 Å². The van der Waals surface area contributed by atoms with Gasteiger partial charge in [-0.25, -0.2) is 4.79 Å². The Morgan fingerprint density at radius 1 is 0.879 bits per heavy atom. The van der Waals surface area contributed by atoms with Gasteiger partial charge in [-0.3, -0.25) is 9.59 Å². The quantitative estimate of drug-likeness (QED) is 0.436. The van der Waals surface area contributed by atoms with E-state index in [1.165, 1.54) is 6.07 Å². The molecule has 0 aliphatic carbocycles. The van der Waals surface area contributed by atoms with Crippen molar-refractivity contribution in [3.8, 4) is 11.5 Å². The van der Waals surface area contributed by atoms with Crippen molar-refractivity contribution in [3.05, 3.63) is 89.0 Å². The van der Waals surface area contributed by atoms with Crippen molar-refractivity contribution >= 4 is 23.3 Å². The molecule has 1 heterocycles. The van der Waals surface area contributed by atoms with E-state index in [-0.39, 0.29) is 16.9 Å². The van der Waals surface area contributed by atoms with Crippen LogP contribution in [-0.4, -0.2) is 37.5 Å². The highest BCUT2D eigenvalue weighted by molar-refractivity contribution is 6.14. The predicted octanol–water partition coefficient (Wildman–Crippen LogP) is 4.05. The average Bonchev–Trinajstić information content (AvgIpc) is 2.86. The molecule has 0 saturated heterocycles. The van der Waals surface area contributed by atoms with Gasteiger partial charge in [0.15, 0.2) is 23.9 Å². The lowest BCUT2D eigenvalue weighted by Gasteiger charge is -2.18. The first-order valence-corrected chi connectivity index (χ1v) is 10.6. The van der Waals surface area contributed by atoms with Gasteiger partial charge in [0, 0.05) is 16.8 Å². The fourth-order valence-electron chi connectivity index (χ4n) is 3.47. The van der Waals surface area contributed by atoms with Gasteiger partial charge in [0.25, 0.3) is 5.91 Å². The van der Waals surface area contributed by atoms with Crippen LogP contribution < -0.4 is 14.8 Å². The number of nitrogens with one attached hydrogen (secondary N) is 1. The molecule has 7 nitrogen and oxygen atoms in total. The molecule has 1 N–H and O–H groups in total. The molecule has 0 spiro atoms. The topological polar surface area (TPSA) is 90.9 Å². The Kier molecular flexibility index (Phi) is 6.69. The Bertz CT molecular complexity index is 1200. The Morgan fingerprint density at radius 2 is 1.64 bits per heavy atom. The lowest BCUT2D eigenvalue weighted by molar-refractivity contribution is -0.119. The molecule has 0 radical (unpaired) electrons. The van der Waals surface area contributed by atoms with Crippen LogP contribution in [0.25, 0.3) is 0 Å². The largest absolute Gasteiger partial charge is 0.486 e. The number of rotatable bonds is 7. The maximum atomic E-state index is 13.1. The standard InChI is InChI=1S/C26H23NO6/c1-2-17-6-5-7-19(14-17)27-24(28)16-33-26(30)21-9-4-3-8-20(21)25(29)18-10-11-22-23(15-18)32-13-12-31-22/h3-11,14-15H,2,12-13,16H2,1H3,(H,27,28). The van der Waals surface area contributed by atoms with E-state index in [9.17, 15) is 14.4 Å². The number of esters is 1. The molecule has 0 fully saturated rings. The summed E-state index contributed by atoms with van der Waals surface area (Å²) in [5.74, 6) is -0.529. The second-order valence-electron chi connectivity index (χ2n) is 7.41. The highest BCUT2D eigenvalue weighted by Crippen LogP contribution is 2.31. The molecule has 7 heteroatoms. The van der Waals surface area contributed by atoms with Crippen LogP contribution in [-0.2, 0) is 16.0 Å². The van der Waals surface area contributed by atoms with Crippen LogP contribution in [0.5, 0.6) is 11.5 Å². The molecule has 168 valence electrons. The molecule has 0 atom stereocenters. The third-order valence-electron chi connectivity index (χ3n) is 5.15. The smallest absolute Gasteiger partial charge is 0.339 e. The van der Waals surface area contributed by atoms with Gasteiger partial charge in [-0.2, -0.15) is 0 Å². The minimum absolute atomic E-state index is 0.0816. The molecule has 33 heavy (non-hydrogen) atoms. The van der Waals surface area contributed by atoms with Crippen molar-refractivity contribution < 1.29 is 28.6 Å². The van der Waals surface area contributed by atoms with Gasteiger partial charge in [0.2, 0.25) is 0 Å². The molecule has 1 aliphatic rings. The summed E-state index contributed by atoms with van der Waals surface area (Å²) in [6.07, 6.45) is 0.840. The number of carbonyl (C=O) groups excluding carboxylic acids is 3. The number of benzene rings is 3. The first-order valence-electron chi connectivity index (χ1n) is 10.6. The maximum absolute atomic E-state index is 13.1. The van der Waals surface area contributed by atoms with Crippen molar-refractivity contribution in [2.75, 3.05) is 25.1 Å². The molecule has 1 amide bonds. The first-order chi connectivity index (χ1) is 16.0. The molecule has 4 rings (SSSR count). The number of ketones is 1. The van der Waals surface area contributed by atoms with Crippen LogP contribution in [0.2, 0.25) is 0 Å². The summed E-state index contributed by atoms with van der Waals surface area (Å²) in [7, 11) is 0. The number of amides is 1. The summed E-state index contributed by atoms with van der Waals surface area (Å²) in [5.41, 5.74) is 2.32. The lowest BCUT2D eigenvalue weighted by atomic mass is 9.98. The highest BCUT2D eigenvalue weighted by Gasteiger charge is 2.22. The van der Waals surface area contributed by atoms with Crippen molar-refractivity contribution in [1.82, 2.24) is 0 Å². The number of ether oxygens (including phenoxy) is 3. The van der Waals surface area contributed by atoms with E-state index in [4.69, 9.17) is 14.2 Å². The molecule has 3 aromatic rings.